The van der Waals surface area contributed by atoms with Crippen LogP contribution in [-0.4, -0.2) is 16.8 Å². The standard InChI is InChI=1S/C15H21N3S/c1-16-13(7-11-9-17-18(2)10-11)15-8-12-5-3-4-6-14(12)19-15/h8-10,13,16H,3-7H2,1-2H3. The first-order valence-electron chi connectivity index (χ1n) is 7.02. The SMILES string of the molecule is CNC(Cc1cnn(C)c1)c1cc2c(s1)CCCC2. The lowest BCUT2D eigenvalue weighted by Gasteiger charge is -2.13. The lowest BCUT2D eigenvalue weighted by atomic mass is 9.98. The number of fused-ring (bicyclic) bond motifs is 1. The summed E-state index contributed by atoms with van der Waals surface area (Å²) in [4.78, 5) is 3.10. The molecule has 1 aliphatic carbocycles. The Morgan fingerprint density at radius 3 is 2.95 bits per heavy atom. The first kappa shape index (κ1) is 12.9. The van der Waals surface area contributed by atoms with E-state index in [0.717, 1.165) is 6.42 Å². The predicted molar refractivity (Wildman–Crippen MR) is 79.7 cm³/mol. The molecule has 0 spiro atoms. The lowest BCUT2D eigenvalue weighted by molar-refractivity contribution is 0.601. The summed E-state index contributed by atoms with van der Waals surface area (Å²) in [7, 11) is 4.03. The number of aromatic nitrogens is 2. The van der Waals surface area contributed by atoms with E-state index in [4.69, 9.17) is 0 Å². The Morgan fingerprint density at radius 2 is 2.26 bits per heavy atom. The minimum atomic E-state index is 0.416. The monoisotopic (exact) mass is 275 g/mol. The third-order valence-electron chi connectivity index (χ3n) is 3.91. The zero-order valence-electron chi connectivity index (χ0n) is 11.6. The molecule has 0 fully saturated rings. The quantitative estimate of drug-likeness (QED) is 0.930. The molecule has 0 saturated carbocycles. The van der Waals surface area contributed by atoms with Crippen molar-refractivity contribution in [1.29, 1.82) is 0 Å². The van der Waals surface area contributed by atoms with Crippen LogP contribution >= 0.6 is 11.3 Å². The molecule has 2 heterocycles. The van der Waals surface area contributed by atoms with Gasteiger partial charge in [-0.3, -0.25) is 4.68 Å². The van der Waals surface area contributed by atoms with Crippen LogP contribution in [0.5, 0.6) is 0 Å². The molecule has 1 atom stereocenters. The van der Waals surface area contributed by atoms with Crippen molar-refractivity contribution in [3.05, 3.63) is 39.3 Å². The van der Waals surface area contributed by atoms with Gasteiger partial charge in [-0.1, -0.05) is 0 Å². The fraction of sp³-hybridized carbons (Fsp3) is 0.533. The van der Waals surface area contributed by atoms with Crippen LogP contribution in [0.2, 0.25) is 0 Å². The Hall–Kier alpha value is -1.13. The van der Waals surface area contributed by atoms with E-state index in [1.807, 2.05) is 29.3 Å². The van der Waals surface area contributed by atoms with E-state index in [1.54, 1.807) is 10.4 Å². The lowest BCUT2D eigenvalue weighted by Crippen LogP contribution is -2.17. The van der Waals surface area contributed by atoms with Gasteiger partial charge in [0.2, 0.25) is 0 Å². The summed E-state index contributed by atoms with van der Waals surface area (Å²) in [5.74, 6) is 0. The fourth-order valence-corrected chi connectivity index (χ4v) is 4.21. The van der Waals surface area contributed by atoms with Crippen molar-refractivity contribution in [3.63, 3.8) is 0 Å². The van der Waals surface area contributed by atoms with Gasteiger partial charge in [0.25, 0.3) is 0 Å². The van der Waals surface area contributed by atoms with E-state index in [9.17, 15) is 0 Å². The molecule has 1 N–H and O–H groups in total. The number of hydrogen-bond donors (Lipinski definition) is 1. The molecular weight excluding hydrogens is 254 g/mol. The van der Waals surface area contributed by atoms with Crippen LogP contribution < -0.4 is 5.32 Å². The Labute approximate surface area is 118 Å². The van der Waals surface area contributed by atoms with Crippen LogP contribution in [0.15, 0.2) is 18.5 Å². The van der Waals surface area contributed by atoms with Gasteiger partial charge >= 0.3 is 0 Å². The molecule has 0 bridgehead atoms. The molecule has 3 nitrogen and oxygen atoms in total. The van der Waals surface area contributed by atoms with Crippen LogP contribution in [-0.2, 0) is 26.3 Å². The molecular formula is C15H21N3S. The average molecular weight is 275 g/mol. The van der Waals surface area contributed by atoms with Crippen molar-refractivity contribution in [2.24, 2.45) is 7.05 Å². The number of likely N-dealkylation sites (N-methyl/N-ethyl adjacent to an activating group) is 1. The van der Waals surface area contributed by atoms with E-state index in [1.165, 1.54) is 36.1 Å². The van der Waals surface area contributed by atoms with Gasteiger partial charge in [0, 0.05) is 29.0 Å². The topological polar surface area (TPSA) is 29.9 Å². The van der Waals surface area contributed by atoms with Crippen molar-refractivity contribution in [2.75, 3.05) is 7.05 Å². The maximum absolute atomic E-state index is 4.26. The summed E-state index contributed by atoms with van der Waals surface area (Å²) in [6, 6.07) is 2.84. The summed E-state index contributed by atoms with van der Waals surface area (Å²) >= 11 is 2.00. The third kappa shape index (κ3) is 2.74. The molecule has 2 aromatic heterocycles. The number of nitrogens with one attached hydrogen (secondary N) is 1. The van der Waals surface area contributed by atoms with E-state index >= 15 is 0 Å². The van der Waals surface area contributed by atoms with Crippen LogP contribution in [0.4, 0.5) is 0 Å². The van der Waals surface area contributed by atoms with E-state index in [-0.39, 0.29) is 0 Å². The van der Waals surface area contributed by atoms with Crippen LogP contribution in [0, 0.1) is 0 Å². The highest BCUT2D eigenvalue weighted by Gasteiger charge is 2.18. The zero-order valence-corrected chi connectivity index (χ0v) is 12.5. The van der Waals surface area contributed by atoms with Gasteiger partial charge in [0.1, 0.15) is 0 Å². The number of thiophene rings is 1. The Balaban J connectivity index is 1.79. The summed E-state index contributed by atoms with van der Waals surface area (Å²) in [6.45, 7) is 0. The highest BCUT2D eigenvalue weighted by molar-refractivity contribution is 7.12. The van der Waals surface area contributed by atoms with Gasteiger partial charge in [0.15, 0.2) is 0 Å². The molecule has 4 heteroatoms. The van der Waals surface area contributed by atoms with E-state index in [0.29, 0.717) is 6.04 Å². The third-order valence-corrected chi connectivity index (χ3v) is 5.26. The Kier molecular flexibility index (Phi) is 3.71. The number of rotatable bonds is 4. The van der Waals surface area contributed by atoms with E-state index < -0.39 is 0 Å². The minimum Gasteiger partial charge on any atom is -0.312 e. The molecule has 0 radical (unpaired) electrons. The molecule has 3 rings (SSSR count). The fourth-order valence-electron chi connectivity index (χ4n) is 2.84. The summed E-state index contributed by atoms with van der Waals surface area (Å²) in [5.41, 5.74) is 2.89. The maximum atomic E-state index is 4.26. The van der Waals surface area contributed by atoms with E-state index in [2.05, 4.69) is 29.7 Å². The second-order valence-corrected chi connectivity index (χ2v) is 6.54. The molecule has 2 aromatic rings. The average Bonchev–Trinajstić information content (AvgIpc) is 3.01. The van der Waals surface area contributed by atoms with Gasteiger partial charge in [0.05, 0.1) is 6.20 Å². The largest absolute Gasteiger partial charge is 0.312 e. The second-order valence-electron chi connectivity index (χ2n) is 5.37. The smallest absolute Gasteiger partial charge is 0.0522 e. The number of nitrogens with zero attached hydrogens (tertiary/aromatic N) is 2. The summed E-state index contributed by atoms with van der Waals surface area (Å²) < 4.78 is 1.88. The normalized spacial score (nSPS) is 16.3. The highest BCUT2D eigenvalue weighted by atomic mass is 32.1. The maximum Gasteiger partial charge on any atom is 0.0522 e. The number of hydrogen-bond acceptors (Lipinski definition) is 3. The first-order valence-corrected chi connectivity index (χ1v) is 7.84. The molecule has 0 aromatic carbocycles. The molecule has 19 heavy (non-hydrogen) atoms. The summed E-state index contributed by atoms with van der Waals surface area (Å²) in [5, 5.41) is 7.71. The molecule has 1 unspecified atom stereocenters. The van der Waals surface area contributed by atoms with Gasteiger partial charge < -0.3 is 5.32 Å². The summed E-state index contributed by atoms with van der Waals surface area (Å²) in [6.07, 6.45) is 10.4. The molecule has 0 saturated heterocycles. The van der Waals surface area contributed by atoms with Gasteiger partial charge in [-0.15, -0.1) is 11.3 Å². The predicted octanol–water partition coefficient (Wildman–Crippen LogP) is 2.86. The first-order chi connectivity index (χ1) is 9.26. The second kappa shape index (κ2) is 5.47. The number of aryl methyl sites for hydroxylation is 3. The van der Waals surface area contributed by atoms with Crippen molar-refractivity contribution in [1.82, 2.24) is 15.1 Å². The minimum absolute atomic E-state index is 0.416. The molecule has 0 aliphatic heterocycles. The van der Waals surface area contributed by atoms with Crippen LogP contribution in [0.1, 0.15) is 39.8 Å². The van der Waals surface area contributed by atoms with Crippen LogP contribution in [0.3, 0.4) is 0 Å². The Bertz CT molecular complexity index is 532. The van der Waals surface area contributed by atoms with Crippen LogP contribution in [0.25, 0.3) is 0 Å². The highest BCUT2D eigenvalue weighted by Crippen LogP contribution is 2.33. The zero-order chi connectivity index (χ0) is 13.2. The molecule has 102 valence electrons. The van der Waals surface area contributed by atoms with Gasteiger partial charge in [-0.25, -0.2) is 0 Å². The van der Waals surface area contributed by atoms with Crippen molar-refractivity contribution < 1.29 is 0 Å². The molecule has 0 amide bonds. The Morgan fingerprint density at radius 1 is 1.42 bits per heavy atom. The van der Waals surface area contributed by atoms with Crippen molar-refractivity contribution >= 4 is 11.3 Å². The van der Waals surface area contributed by atoms with Gasteiger partial charge in [-0.2, -0.15) is 5.10 Å². The van der Waals surface area contributed by atoms with Crippen molar-refractivity contribution in [3.8, 4) is 0 Å². The van der Waals surface area contributed by atoms with Gasteiger partial charge in [-0.05, 0) is 56.3 Å². The molecule has 1 aliphatic rings. The van der Waals surface area contributed by atoms with Crippen molar-refractivity contribution in [2.45, 2.75) is 38.1 Å².